The van der Waals surface area contributed by atoms with Crippen LogP contribution in [0.4, 0.5) is 13.2 Å². The number of halogens is 3. The van der Waals surface area contributed by atoms with Crippen LogP contribution in [-0.2, 0) is 19.3 Å². The zero-order chi connectivity index (χ0) is 14.9. The molecular weight excluding hydrogens is 289 g/mol. The van der Waals surface area contributed by atoms with Crippen LogP contribution in [0.1, 0.15) is 27.1 Å². The molecule has 7 heteroatoms. The fraction of sp³-hybridized carbons (Fsp3) is 0.462. The highest BCUT2D eigenvalue weighted by molar-refractivity contribution is 7.11. The monoisotopic (exact) mass is 304 g/mol. The highest BCUT2D eigenvalue weighted by atomic mass is 32.1. The Bertz CT molecular complexity index is 589. The number of hydrogen-bond acceptors (Lipinski definition) is 4. The van der Waals surface area contributed by atoms with Crippen LogP contribution >= 0.6 is 11.3 Å². The molecule has 0 saturated carbocycles. The lowest BCUT2D eigenvalue weighted by molar-refractivity contribution is -0.141. The molecule has 0 bridgehead atoms. The van der Waals surface area contributed by atoms with Gasteiger partial charge >= 0.3 is 6.18 Å². The van der Waals surface area contributed by atoms with E-state index < -0.39 is 11.9 Å². The summed E-state index contributed by atoms with van der Waals surface area (Å²) < 4.78 is 44.0. The maximum atomic E-state index is 12.8. The normalized spacial score (nSPS) is 12.3. The summed E-state index contributed by atoms with van der Waals surface area (Å²) in [6.45, 7) is 4.07. The van der Waals surface area contributed by atoms with E-state index in [1.165, 1.54) is 0 Å². The van der Waals surface area contributed by atoms with Gasteiger partial charge in [0.25, 0.3) is 0 Å². The smallest absolute Gasteiger partial charge is 0.434 e. The van der Waals surface area contributed by atoms with E-state index in [4.69, 9.17) is 4.42 Å². The third-order valence-corrected chi connectivity index (χ3v) is 3.66. The van der Waals surface area contributed by atoms with Crippen LogP contribution in [0.3, 0.4) is 0 Å². The fourth-order valence-corrected chi connectivity index (χ4v) is 2.97. The van der Waals surface area contributed by atoms with E-state index in [2.05, 4.69) is 4.98 Å². The van der Waals surface area contributed by atoms with Crippen molar-refractivity contribution in [2.75, 3.05) is 7.05 Å². The van der Waals surface area contributed by atoms with Crippen molar-refractivity contribution in [3.8, 4) is 0 Å². The summed E-state index contributed by atoms with van der Waals surface area (Å²) in [6, 6.07) is 3.66. The van der Waals surface area contributed by atoms with E-state index >= 15 is 0 Å². The van der Waals surface area contributed by atoms with Crippen LogP contribution in [0.5, 0.6) is 0 Å². The molecule has 0 amide bonds. The van der Waals surface area contributed by atoms with Crippen molar-refractivity contribution < 1.29 is 17.6 Å². The number of hydrogen-bond donors (Lipinski definition) is 0. The Morgan fingerprint density at radius 3 is 2.50 bits per heavy atom. The summed E-state index contributed by atoms with van der Waals surface area (Å²) >= 11 is 1.08. The van der Waals surface area contributed by atoms with Crippen LogP contribution < -0.4 is 0 Å². The van der Waals surface area contributed by atoms with E-state index in [1.54, 1.807) is 18.9 Å². The first-order valence-electron chi connectivity index (χ1n) is 6.03. The van der Waals surface area contributed by atoms with Crippen LogP contribution in [0, 0.1) is 13.8 Å². The van der Waals surface area contributed by atoms with Crippen molar-refractivity contribution in [2.24, 2.45) is 0 Å². The largest absolute Gasteiger partial charge is 0.465 e. The minimum atomic E-state index is -4.40. The van der Waals surface area contributed by atoms with Crippen LogP contribution in [0.25, 0.3) is 0 Å². The van der Waals surface area contributed by atoms with Gasteiger partial charge in [-0.1, -0.05) is 0 Å². The molecule has 2 aromatic heterocycles. The Morgan fingerprint density at radius 1 is 1.25 bits per heavy atom. The molecule has 0 aliphatic heterocycles. The number of aromatic nitrogens is 1. The first-order chi connectivity index (χ1) is 9.25. The second kappa shape index (κ2) is 5.57. The lowest BCUT2D eigenvalue weighted by Crippen LogP contribution is -2.19. The molecule has 2 heterocycles. The molecule has 0 aliphatic rings. The van der Waals surface area contributed by atoms with Crippen molar-refractivity contribution in [1.29, 1.82) is 0 Å². The third-order valence-electron chi connectivity index (χ3n) is 2.71. The summed E-state index contributed by atoms with van der Waals surface area (Å²) in [5.74, 6) is 1.53. The van der Waals surface area contributed by atoms with Crippen LogP contribution in [0.15, 0.2) is 16.5 Å². The minimum Gasteiger partial charge on any atom is -0.465 e. The Hall–Kier alpha value is -1.34. The number of rotatable bonds is 4. The maximum absolute atomic E-state index is 12.8. The van der Waals surface area contributed by atoms with Gasteiger partial charge in [0.1, 0.15) is 11.5 Å². The molecule has 2 aromatic rings. The summed E-state index contributed by atoms with van der Waals surface area (Å²) in [4.78, 5) is 5.60. The summed E-state index contributed by atoms with van der Waals surface area (Å²) in [7, 11) is 1.76. The van der Waals surface area contributed by atoms with Gasteiger partial charge in [-0.2, -0.15) is 13.2 Å². The lowest BCUT2D eigenvalue weighted by Gasteiger charge is -2.15. The van der Waals surface area contributed by atoms with Gasteiger partial charge in [-0.05, 0) is 33.0 Å². The number of nitrogens with zero attached hydrogens (tertiary/aromatic N) is 2. The highest BCUT2D eigenvalue weighted by Gasteiger charge is 2.37. The molecule has 0 fully saturated rings. The highest BCUT2D eigenvalue weighted by Crippen LogP contribution is 2.34. The summed E-state index contributed by atoms with van der Waals surface area (Å²) in [5, 5.41) is 0.426. The molecule has 0 aliphatic carbocycles. The first-order valence-corrected chi connectivity index (χ1v) is 6.84. The predicted octanol–water partition coefficient (Wildman–Crippen LogP) is 4.00. The van der Waals surface area contributed by atoms with Crippen molar-refractivity contribution in [2.45, 2.75) is 33.1 Å². The second-order valence-corrected chi connectivity index (χ2v) is 5.97. The number of alkyl halides is 3. The number of furan rings is 1. The van der Waals surface area contributed by atoms with E-state index in [1.807, 2.05) is 19.1 Å². The second-order valence-electron chi connectivity index (χ2n) is 4.69. The SMILES string of the molecule is Cc1ccc(CN(C)Cc2sc(C)nc2C(F)(F)F)o1. The van der Waals surface area contributed by atoms with Crippen molar-refractivity contribution >= 4 is 11.3 Å². The predicted molar refractivity (Wildman–Crippen MR) is 70.5 cm³/mol. The average molecular weight is 304 g/mol. The lowest BCUT2D eigenvalue weighted by atomic mass is 10.3. The van der Waals surface area contributed by atoms with Gasteiger partial charge in [0.2, 0.25) is 0 Å². The van der Waals surface area contributed by atoms with Gasteiger partial charge in [-0.25, -0.2) is 4.98 Å². The standard InChI is InChI=1S/C13H15F3N2OS/c1-8-4-5-10(19-8)6-18(3)7-11-12(13(14,15)16)17-9(2)20-11/h4-5H,6-7H2,1-3H3. The van der Waals surface area contributed by atoms with E-state index in [9.17, 15) is 13.2 Å². The Labute approximate surface area is 119 Å². The summed E-state index contributed by atoms with van der Waals surface area (Å²) in [5.41, 5.74) is -0.775. The van der Waals surface area contributed by atoms with Gasteiger partial charge < -0.3 is 4.42 Å². The molecular formula is C13H15F3N2OS. The Morgan fingerprint density at radius 2 is 1.95 bits per heavy atom. The molecule has 3 nitrogen and oxygen atoms in total. The van der Waals surface area contributed by atoms with Crippen molar-refractivity contribution in [3.05, 3.63) is 39.2 Å². The third kappa shape index (κ3) is 3.61. The van der Waals surface area contributed by atoms with Gasteiger partial charge in [0.05, 0.1) is 16.4 Å². The molecule has 0 atom stereocenters. The molecule has 0 radical (unpaired) electrons. The molecule has 0 aromatic carbocycles. The first kappa shape index (κ1) is 15.1. The zero-order valence-electron chi connectivity index (χ0n) is 11.4. The topological polar surface area (TPSA) is 29.3 Å². The Balaban J connectivity index is 2.09. The van der Waals surface area contributed by atoms with Gasteiger partial charge in [0.15, 0.2) is 5.69 Å². The maximum Gasteiger partial charge on any atom is 0.434 e. The minimum absolute atomic E-state index is 0.195. The van der Waals surface area contributed by atoms with Gasteiger partial charge in [0, 0.05) is 6.54 Å². The van der Waals surface area contributed by atoms with Gasteiger partial charge in [-0.3, -0.25) is 4.90 Å². The molecule has 110 valence electrons. The molecule has 0 saturated heterocycles. The molecule has 0 spiro atoms. The van der Waals surface area contributed by atoms with E-state index in [0.717, 1.165) is 22.9 Å². The molecule has 20 heavy (non-hydrogen) atoms. The van der Waals surface area contributed by atoms with Crippen LogP contribution in [0.2, 0.25) is 0 Å². The molecule has 0 N–H and O–H groups in total. The summed E-state index contributed by atoms with van der Waals surface area (Å²) in [6.07, 6.45) is -4.40. The number of aryl methyl sites for hydroxylation is 2. The molecule has 0 unspecified atom stereocenters. The quantitative estimate of drug-likeness (QED) is 0.855. The zero-order valence-corrected chi connectivity index (χ0v) is 12.2. The van der Waals surface area contributed by atoms with Crippen LogP contribution in [-0.4, -0.2) is 16.9 Å². The van der Waals surface area contributed by atoms with Crippen molar-refractivity contribution in [1.82, 2.24) is 9.88 Å². The average Bonchev–Trinajstić information content (AvgIpc) is 2.84. The van der Waals surface area contributed by atoms with Crippen molar-refractivity contribution in [3.63, 3.8) is 0 Å². The van der Waals surface area contributed by atoms with Gasteiger partial charge in [-0.15, -0.1) is 11.3 Å². The Kier molecular flexibility index (Phi) is 4.19. The fourth-order valence-electron chi connectivity index (χ4n) is 1.94. The number of thiazole rings is 1. The molecule has 2 rings (SSSR count). The van der Waals surface area contributed by atoms with E-state index in [-0.39, 0.29) is 11.4 Å². The van der Waals surface area contributed by atoms with E-state index in [0.29, 0.717) is 11.6 Å².